The zero-order chi connectivity index (χ0) is 24.7. The highest BCUT2D eigenvalue weighted by Gasteiger charge is 2.40. The number of nitrogens with zero attached hydrogens (tertiary/aromatic N) is 2. The number of rotatable bonds is 5. The number of pyridine rings is 1. The van der Waals surface area contributed by atoms with Gasteiger partial charge < -0.3 is 10.2 Å². The predicted octanol–water partition coefficient (Wildman–Crippen LogP) is 1.41. The fourth-order valence-corrected chi connectivity index (χ4v) is 6.07. The second kappa shape index (κ2) is 9.33. The molecule has 1 unspecified atom stereocenters. The maximum Gasteiger partial charge on any atom is 0.254 e. The van der Waals surface area contributed by atoms with Crippen molar-refractivity contribution in [1.82, 2.24) is 20.5 Å². The summed E-state index contributed by atoms with van der Waals surface area (Å²) in [5.74, 6) is -1.49. The topological polar surface area (TPSA) is 108 Å². The molecule has 3 aliphatic rings. The molecule has 182 valence electrons. The van der Waals surface area contributed by atoms with Gasteiger partial charge in [0.05, 0.1) is 11.7 Å². The number of halogens is 1. The van der Waals surface area contributed by atoms with Gasteiger partial charge in [0.25, 0.3) is 11.8 Å². The molecule has 5 rings (SSSR count). The molecule has 2 aromatic rings. The fourth-order valence-electron chi connectivity index (χ4n) is 5.23. The molecule has 0 spiro atoms. The van der Waals surface area contributed by atoms with Gasteiger partial charge in [-0.1, -0.05) is 6.42 Å². The molecular weight excluding hydrogens is 467 g/mol. The summed E-state index contributed by atoms with van der Waals surface area (Å²) in [6, 6.07) is 6.94. The Hall–Kier alpha value is -3.40. The van der Waals surface area contributed by atoms with Gasteiger partial charge in [0.15, 0.2) is 0 Å². The lowest BCUT2D eigenvalue weighted by Crippen LogP contribution is -2.42. The lowest BCUT2D eigenvalue weighted by Gasteiger charge is -2.34. The molecule has 35 heavy (non-hydrogen) atoms. The first-order valence-electron chi connectivity index (χ1n) is 12.0. The summed E-state index contributed by atoms with van der Waals surface area (Å²) in [6.45, 7) is 0.279. The number of carbonyl (C=O) groups excluding carboxylic acids is 4. The van der Waals surface area contributed by atoms with E-state index in [-0.39, 0.29) is 59.8 Å². The number of imide groups is 1. The first-order chi connectivity index (χ1) is 16.8. The third-order valence-electron chi connectivity index (χ3n) is 7.51. The third-order valence-corrected chi connectivity index (χ3v) is 8.80. The van der Waals surface area contributed by atoms with Crippen molar-refractivity contribution >= 4 is 33.9 Å². The average Bonchev–Trinajstić information content (AvgIpc) is 3.06. The first kappa shape index (κ1) is 23.3. The fraction of sp³-hybridized carbons (Fsp3) is 0.400. The minimum atomic E-state index is -0.517. The van der Waals surface area contributed by atoms with E-state index in [1.54, 1.807) is 23.1 Å². The summed E-state index contributed by atoms with van der Waals surface area (Å²) in [7, 11) is 0.509. The van der Waals surface area contributed by atoms with Gasteiger partial charge in [0, 0.05) is 52.1 Å². The number of aromatic nitrogens is 1. The van der Waals surface area contributed by atoms with E-state index in [1.807, 2.05) is 0 Å². The Balaban J connectivity index is 1.36. The van der Waals surface area contributed by atoms with Crippen LogP contribution in [-0.2, 0) is 16.1 Å². The van der Waals surface area contributed by atoms with Gasteiger partial charge in [-0.05, 0) is 61.1 Å². The molecule has 3 atom stereocenters. The summed E-state index contributed by atoms with van der Waals surface area (Å²) < 4.78 is 14.5. The van der Waals surface area contributed by atoms with E-state index in [0.717, 1.165) is 19.3 Å². The van der Waals surface area contributed by atoms with Crippen molar-refractivity contribution in [1.29, 1.82) is 0 Å². The average molecular weight is 495 g/mol. The molecule has 1 saturated carbocycles. The highest BCUT2D eigenvalue weighted by atomic mass is 28.1. The molecule has 8 nitrogen and oxygen atoms in total. The van der Waals surface area contributed by atoms with Gasteiger partial charge in [-0.3, -0.25) is 29.5 Å². The summed E-state index contributed by atoms with van der Waals surface area (Å²) in [5, 5.41) is 5.36. The normalized spacial score (nSPS) is 23.3. The van der Waals surface area contributed by atoms with Crippen molar-refractivity contribution in [2.24, 2.45) is 5.92 Å². The maximum atomic E-state index is 14.5. The van der Waals surface area contributed by atoms with Crippen molar-refractivity contribution < 1.29 is 23.6 Å². The number of amides is 4. The van der Waals surface area contributed by atoms with E-state index in [1.165, 1.54) is 18.3 Å². The van der Waals surface area contributed by atoms with E-state index in [9.17, 15) is 23.6 Å². The molecule has 0 bridgehead atoms. The Kier molecular flexibility index (Phi) is 6.22. The van der Waals surface area contributed by atoms with Crippen LogP contribution in [0.4, 0.5) is 4.39 Å². The van der Waals surface area contributed by atoms with Crippen molar-refractivity contribution in [3.63, 3.8) is 0 Å². The Morgan fingerprint density at radius 2 is 2.00 bits per heavy atom. The smallest absolute Gasteiger partial charge is 0.254 e. The minimum Gasteiger partial charge on any atom is -0.343 e. The van der Waals surface area contributed by atoms with Gasteiger partial charge in [0.1, 0.15) is 5.82 Å². The number of hydrogen-bond acceptors (Lipinski definition) is 5. The number of carbonyl (C=O) groups is 4. The summed E-state index contributed by atoms with van der Waals surface area (Å²) in [6.07, 6.45) is 4.97. The van der Waals surface area contributed by atoms with Crippen molar-refractivity contribution in [3.05, 3.63) is 64.7 Å². The lowest BCUT2D eigenvalue weighted by atomic mass is 9.78. The number of fused-ring (bicyclic) bond motifs is 1. The SMILES string of the molecule is O=C1CC[C@H](N2Cc3cc(C(=O)N[C@H](c4ncccc4F)C4CCC4)ccc3C2=O)C([SiH3])C(=O)N1. The van der Waals surface area contributed by atoms with Crippen LogP contribution < -0.4 is 10.6 Å². The van der Waals surface area contributed by atoms with Crippen LogP contribution in [0, 0.1) is 11.7 Å². The van der Waals surface area contributed by atoms with Crippen LogP contribution in [0.2, 0.25) is 5.54 Å². The van der Waals surface area contributed by atoms with Crippen LogP contribution in [0.1, 0.15) is 70.1 Å². The van der Waals surface area contributed by atoms with Crippen LogP contribution in [0.3, 0.4) is 0 Å². The largest absolute Gasteiger partial charge is 0.343 e. The Morgan fingerprint density at radius 3 is 2.71 bits per heavy atom. The van der Waals surface area contributed by atoms with Crippen LogP contribution in [-0.4, -0.2) is 49.8 Å². The zero-order valence-corrected chi connectivity index (χ0v) is 21.4. The highest BCUT2D eigenvalue weighted by Crippen LogP contribution is 2.38. The molecule has 10 heteroatoms. The molecular formula is C25H27FN4O4Si. The summed E-state index contributed by atoms with van der Waals surface area (Å²) in [5.41, 5.74) is 1.44. The van der Waals surface area contributed by atoms with Gasteiger partial charge >= 0.3 is 0 Å². The predicted molar refractivity (Wildman–Crippen MR) is 128 cm³/mol. The molecule has 3 heterocycles. The Bertz CT molecular complexity index is 1220. The van der Waals surface area contributed by atoms with Gasteiger partial charge in [-0.2, -0.15) is 0 Å². The van der Waals surface area contributed by atoms with Gasteiger partial charge in [0.2, 0.25) is 11.8 Å². The third kappa shape index (κ3) is 4.38. The van der Waals surface area contributed by atoms with Crippen LogP contribution >= 0.6 is 0 Å². The monoisotopic (exact) mass is 494 g/mol. The lowest BCUT2D eigenvalue weighted by molar-refractivity contribution is -0.129. The second-order valence-electron chi connectivity index (χ2n) is 9.62. The van der Waals surface area contributed by atoms with Crippen LogP contribution in [0.25, 0.3) is 0 Å². The molecule has 1 aliphatic carbocycles. The highest BCUT2D eigenvalue weighted by molar-refractivity contribution is 6.26. The Morgan fingerprint density at radius 1 is 1.20 bits per heavy atom. The summed E-state index contributed by atoms with van der Waals surface area (Å²) in [4.78, 5) is 56.3. The second-order valence-corrected chi connectivity index (χ2v) is 10.9. The van der Waals surface area contributed by atoms with Gasteiger partial charge in [-0.25, -0.2) is 4.39 Å². The molecule has 0 radical (unpaired) electrons. The zero-order valence-electron chi connectivity index (χ0n) is 19.4. The number of hydrogen-bond donors (Lipinski definition) is 2. The van der Waals surface area contributed by atoms with Crippen LogP contribution in [0.5, 0.6) is 0 Å². The van der Waals surface area contributed by atoms with E-state index in [4.69, 9.17) is 0 Å². The van der Waals surface area contributed by atoms with E-state index < -0.39 is 11.9 Å². The van der Waals surface area contributed by atoms with Gasteiger partial charge in [-0.15, -0.1) is 0 Å². The molecule has 2 N–H and O–H groups in total. The summed E-state index contributed by atoms with van der Waals surface area (Å²) >= 11 is 0. The van der Waals surface area contributed by atoms with E-state index in [2.05, 4.69) is 15.6 Å². The molecule has 1 aromatic carbocycles. The van der Waals surface area contributed by atoms with Crippen LogP contribution in [0.15, 0.2) is 36.5 Å². The molecule has 2 aliphatic heterocycles. The molecule has 2 fully saturated rings. The quantitative estimate of drug-likeness (QED) is 0.483. The minimum absolute atomic E-state index is 0.129. The Labute approximate surface area is 205 Å². The van der Waals surface area contributed by atoms with E-state index >= 15 is 0 Å². The standard InChI is InChI=1S/C25H27FN4O4Si/c26-17-5-2-10-27-21(17)20(13-3-1-4-13)29-23(32)14-6-7-16-15(11-14)12-30(25(16)34)18-8-9-19(31)28-24(33)22(18)35/h2,5-7,10-11,13,18,20,22H,1,3-4,8-9,12H2,35H3,(H,29,32)(H,28,31,33)/t18-,20-,22?/m0/s1. The molecule has 1 aromatic heterocycles. The number of benzene rings is 1. The van der Waals surface area contributed by atoms with Crippen molar-refractivity contribution in [3.8, 4) is 0 Å². The maximum absolute atomic E-state index is 14.5. The number of nitrogens with one attached hydrogen (secondary N) is 2. The van der Waals surface area contributed by atoms with Crippen molar-refractivity contribution in [2.45, 2.75) is 56.3 Å². The molecule has 1 saturated heterocycles. The first-order valence-corrected chi connectivity index (χ1v) is 13.2. The van der Waals surface area contributed by atoms with E-state index in [0.29, 0.717) is 33.4 Å². The van der Waals surface area contributed by atoms with Crippen molar-refractivity contribution in [2.75, 3.05) is 0 Å². The molecule has 4 amide bonds.